The SMILES string of the molecule is CC(=O)c1ccc(NC(=O)C2(C#N)COC2)cc1. The Kier molecular flexibility index (Phi) is 3.13. The summed E-state index contributed by atoms with van der Waals surface area (Å²) in [7, 11) is 0. The maximum atomic E-state index is 11.9. The summed E-state index contributed by atoms with van der Waals surface area (Å²) in [5.41, 5.74) is 0.0701. The number of carbonyl (C=O) groups excluding carboxylic acids is 2. The minimum absolute atomic E-state index is 0.0336. The van der Waals surface area contributed by atoms with Gasteiger partial charge >= 0.3 is 0 Å². The molecule has 0 bridgehead atoms. The van der Waals surface area contributed by atoms with Crippen molar-refractivity contribution in [1.29, 1.82) is 5.26 Å². The summed E-state index contributed by atoms with van der Waals surface area (Å²) in [6.45, 7) is 1.73. The summed E-state index contributed by atoms with van der Waals surface area (Å²) < 4.78 is 4.91. The summed E-state index contributed by atoms with van der Waals surface area (Å²) in [6.07, 6.45) is 0. The van der Waals surface area contributed by atoms with E-state index in [0.29, 0.717) is 11.3 Å². The van der Waals surface area contributed by atoms with Gasteiger partial charge in [-0.3, -0.25) is 9.59 Å². The van der Waals surface area contributed by atoms with Gasteiger partial charge in [0.25, 0.3) is 0 Å². The number of carbonyl (C=O) groups is 2. The summed E-state index contributed by atoms with van der Waals surface area (Å²) in [6, 6.07) is 8.52. The second-order valence-corrected chi connectivity index (χ2v) is 4.27. The molecule has 0 radical (unpaired) electrons. The zero-order valence-electron chi connectivity index (χ0n) is 9.90. The van der Waals surface area contributed by atoms with Gasteiger partial charge in [-0.1, -0.05) is 0 Å². The van der Waals surface area contributed by atoms with Crippen molar-refractivity contribution in [2.75, 3.05) is 18.5 Å². The first kappa shape index (κ1) is 12.3. The largest absolute Gasteiger partial charge is 0.377 e. The molecule has 1 fully saturated rings. The van der Waals surface area contributed by atoms with Crippen LogP contribution < -0.4 is 5.32 Å². The molecule has 5 nitrogen and oxygen atoms in total. The third-order valence-corrected chi connectivity index (χ3v) is 2.89. The van der Waals surface area contributed by atoms with E-state index in [9.17, 15) is 9.59 Å². The van der Waals surface area contributed by atoms with Crippen molar-refractivity contribution in [1.82, 2.24) is 0 Å². The van der Waals surface area contributed by atoms with Crippen LogP contribution in [0.3, 0.4) is 0 Å². The maximum absolute atomic E-state index is 11.9. The molecule has 1 aliphatic rings. The molecule has 0 atom stereocenters. The van der Waals surface area contributed by atoms with Gasteiger partial charge in [0.05, 0.1) is 19.3 Å². The molecular weight excluding hydrogens is 232 g/mol. The van der Waals surface area contributed by atoms with E-state index in [4.69, 9.17) is 10.00 Å². The van der Waals surface area contributed by atoms with E-state index in [1.165, 1.54) is 6.92 Å². The van der Waals surface area contributed by atoms with Crippen molar-refractivity contribution in [3.05, 3.63) is 29.8 Å². The number of nitriles is 1. The normalized spacial score (nSPS) is 16.2. The monoisotopic (exact) mass is 244 g/mol. The van der Waals surface area contributed by atoms with Crippen LogP contribution in [0.25, 0.3) is 0 Å². The Bertz CT molecular complexity index is 524. The molecular formula is C13H12N2O3. The average molecular weight is 244 g/mol. The number of anilines is 1. The van der Waals surface area contributed by atoms with Crippen LogP contribution in [-0.2, 0) is 9.53 Å². The van der Waals surface area contributed by atoms with Gasteiger partial charge < -0.3 is 10.1 Å². The zero-order valence-corrected chi connectivity index (χ0v) is 9.90. The fraction of sp³-hybridized carbons (Fsp3) is 0.308. The van der Waals surface area contributed by atoms with E-state index in [1.54, 1.807) is 24.3 Å². The standard InChI is InChI=1S/C13H12N2O3/c1-9(16)10-2-4-11(5-3-10)15-12(17)13(6-14)7-18-8-13/h2-5H,7-8H2,1H3,(H,15,17). The first-order chi connectivity index (χ1) is 8.57. The van der Waals surface area contributed by atoms with Crippen LogP contribution in [0.1, 0.15) is 17.3 Å². The molecule has 0 spiro atoms. The first-order valence-electron chi connectivity index (χ1n) is 5.49. The number of amides is 1. The lowest BCUT2D eigenvalue weighted by atomic mass is 9.87. The molecule has 1 N–H and O–H groups in total. The fourth-order valence-corrected chi connectivity index (χ4v) is 1.59. The van der Waals surface area contributed by atoms with Crippen molar-refractivity contribution in [2.24, 2.45) is 5.41 Å². The number of ether oxygens (including phenoxy) is 1. The van der Waals surface area contributed by atoms with Gasteiger partial charge in [0.1, 0.15) is 0 Å². The van der Waals surface area contributed by atoms with Gasteiger partial charge in [0, 0.05) is 11.3 Å². The molecule has 1 amide bonds. The lowest BCUT2D eigenvalue weighted by Crippen LogP contribution is -2.50. The van der Waals surface area contributed by atoms with Crippen LogP contribution in [0.5, 0.6) is 0 Å². The molecule has 0 aliphatic carbocycles. The van der Waals surface area contributed by atoms with Crippen LogP contribution in [0.15, 0.2) is 24.3 Å². The second-order valence-electron chi connectivity index (χ2n) is 4.27. The number of nitrogens with zero attached hydrogens (tertiary/aromatic N) is 1. The molecule has 1 aromatic rings. The lowest BCUT2D eigenvalue weighted by Gasteiger charge is -2.33. The van der Waals surface area contributed by atoms with Crippen LogP contribution in [0.4, 0.5) is 5.69 Å². The topological polar surface area (TPSA) is 79.2 Å². The third-order valence-electron chi connectivity index (χ3n) is 2.89. The van der Waals surface area contributed by atoms with E-state index in [0.717, 1.165) is 0 Å². The number of rotatable bonds is 3. The summed E-state index contributed by atoms with van der Waals surface area (Å²) in [5, 5.41) is 11.6. The van der Waals surface area contributed by atoms with Gasteiger partial charge in [-0.15, -0.1) is 0 Å². The van der Waals surface area contributed by atoms with Crippen LogP contribution in [0.2, 0.25) is 0 Å². The zero-order chi connectivity index (χ0) is 13.2. The Morgan fingerprint density at radius 1 is 1.33 bits per heavy atom. The maximum Gasteiger partial charge on any atom is 0.249 e. The molecule has 1 heterocycles. The fourth-order valence-electron chi connectivity index (χ4n) is 1.59. The van der Waals surface area contributed by atoms with E-state index in [-0.39, 0.29) is 24.9 Å². The summed E-state index contributed by atoms with van der Waals surface area (Å²) in [5.74, 6) is -0.402. The number of Topliss-reactive ketones (excluding diaryl/α,β-unsaturated/α-hetero) is 1. The minimum atomic E-state index is -1.07. The van der Waals surface area contributed by atoms with Crippen molar-refractivity contribution in [2.45, 2.75) is 6.92 Å². The molecule has 92 valence electrons. The number of hydrogen-bond acceptors (Lipinski definition) is 4. The Hall–Kier alpha value is -2.19. The first-order valence-corrected chi connectivity index (χ1v) is 5.49. The molecule has 2 rings (SSSR count). The van der Waals surface area contributed by atoms with Gasteiger partial charge in [-0.25, -0.2) is 0 Å². The Morgan fingerprint density at radius 3 is 2.33 bits per heavy atom. The quantitative estimate of drug-likeness (QED) is 0.814. The number of nitrogens with one attached hydrogen (secondary N) is 1. The van der Waals surface area contributed by atoms with E-state index in [1.807, 2.05) is 6.07 Å². The van der Waals surface area contributed by atoms with Crippen LogP contribution in [0, 0.1) is 16.7 Å². The third kappa shape index (κ3) is 2.11. The smallest absolute Gasteiger partial charge is 0.249 e. The van der Waals surface area contributed by atoms with Crippen molar-refractivity contribution in [3.8, 4) is 6.07 Å². The van der Waals surface area contributed by atoms with Gasteiger partial charge in [-0.2, -0.15) is 5.26 Å². The highest BCUT2D eigenvalue weighted by Crippen LogP contribution is 2.28. The number of benzene rings is 1. The highest BCUT2D eigenvalue weighted by molar-refractivity contribution is 5.99. The summed E-state index contributed by atoms with van der Waals surface area (Å²) in [4.78, 5) is 23.0. The molecule has 0 aromatic heterocycles. The molecule has 1 saturated heterocycles. The van der Waals surface area contributed by atoms with Gasteiger partial charge in [0.2, 0.25) is 5.91 Å². The Balaban J connectivity index is 2.08. The summed E-state index contributed by atoms with van der Waals surface area (Å²) >= 11 is 0. The predicted octanol–water partition coefficient (Wildman–Crippen LogP) is 1.37. The predicted molar refractivity (Wildman–Crippen MR) is 63.9 cm³/mol. The van der Waals surface area contributed by atoms with Gasteiger partial charge in [0.15, 0.2) is 11.2 Å². The number of ketones is 1. The van der Waals surface area contributed by atoms with E-state index < -0.39 is 5.41 Å². The second kappa shape index (κ2) is 4.59. The minimum Gasteiger partial charge on any atom is -0.377 e. The highest BCUT2D eigenvalue weighted by Gasteiger charge is 2.46. The van der Waals surface area contributed by atoms with Crippen LogP contribution >= 0.6 is 0 Å². The molecule has 1 aliphatic heterocycles. The van der Waals surface area contributed by atoms with Crippen LogP contribution in [-0.4, -0.2) is 24.9 Å². The highest BCUT2D eigenvalue weighted by atomic mass is 16.5. The number of hydrogen-bond donors (Lipinski definition) is 1. The van der Waals surface area contributed by atoms with E-state index in [2.05, 4.69) is 5.32 Å². The van der Waals surface area contributed by atoms with Gasteiger partial charge in [-0.05, 0) is 31.2 Å². The van der Waals surface area contributed by atoms with Crippen molar-refractivity contribution < 1.29 is 14.3 Å². The Labute approximate surface area is 104 Å². The average Bonchev–Trinajstić information content (AvgIpc) is 2.29. The Morgan fingerprint density at radius 2 is 1.94 bits per heavy atom. The van der Waals surface area contributed by atoms with Crippen molar-refractivity contribution in [3.63, 3.8) is 0 Å². The molecule has 5 heteroatoms. The van der Waals surface area contributed by atoms with Crippen molar-refractivity contribution >= 4 is 17.4 Å². The molecule has 0 saturated carbocycles. The van der Waals surface area contributed by atoms with E-state index >= 15 is 0 Å². The molecule has 0 unspecified atom stereocenters. The molecule has 1 aromatic carbocycles. The molecule has 18 heavy (non-hydrogen) atoms. The lowest BCUT2D eigenvalue weighted by molar-refractivity contribution is -0.144.